The van der Waals surface area contributed by atoms with Crippen molar-refractivity contribution < 1.29 is 19.8 Å². The van der Waals surface area contributed by atoms with E-state index in [9.17, 15) is 19.8 Å². The second-order valence-corrected chi connectivity index (χ2v) is 6.14. The van der Waals surface area contributed by atoms with Gasteiger partial charge in [0.25, 0.3) is 0 Å². The first-order chi connectivity index (χ1) is 10.7. The molecule has 0 aliphatic carbocycles. The lowest BCUT2D eigenvalue weighted by molar-refractivity contribution is -0.114. The van der Waals surface area contributed by atoms with Gasteiger partial charge in [-0.15, -0.1) is 0 Å². The molecule has 0 radical (unpaired) electrons. The van der Waals surface area contributed by atoms with E-state index in [0.29, 0.717) is 11.8 Å². The molecule has 0 aromatic heterocycles. The van der Waals surface area contributed by atoms with Crippen molar-refractivity contribution in [3.05, 3.63) is 45.0 Å². The number of hydrogen-bond acceptors (Lipinski definition) is 4. The van der Waals surface area contributed by atoms with Gasteiger partial charge in [-0.2, -0.15) is 0 Å². The van der Waals surface area contributed by atoms with Crippen molar-refractivity contribution >= 4 is 23.7 Å². The minimum atomic E-state index is -0.279. The molecule has 0 unspecified atom stereocenters. The van der Waals surface area contributed by atoms with E-state index in [0.717, 1.165) is 11.1 Å². The van der Waals surface area contributed by atoms with Crippen molar-refractivity contribution in [2.75, 3.05) is 0 Å². The number of hydrogen-bond donors (Lipinski definition) is 2. The molecule has 0 aliphatic heterocycles. The Morgan fingerprint density at radius 2 is 1.78 bits per heavy atom. The van der Waals surface area contributed by atoms with E-state index in [-0.39, 0.29) is 46.3 Å². The van der Waals surface area contributed by atoms with Crippen LogP contribution in [0.4, 0.5) is 0 Å². The predicted molar refractivity (Wildman–Crippen MR) is 91.4 cm³/mol. The van der Waals surface area contributed by atoms with E-state index in [1.165, 1.54) is 0 Å². The summed E-state index contributed by atoms with van der Waals surface area (Å²) >= 11 is 5.99. The molecule has 4 nitrogen and oxygen atoms in total. The number of aldehydes is 1. The summed E-state index contributed by atoms with van der Waals surface area (Å²) in [6.45, 7) is 7.04. The maximum atomic E-state index is 11.7. The van der Waals surface area contributed by atoms with Gasteiger partial charge in [-0.05, 0) is 45.8 Å². The number of ketones is 1. The van der Waals surface area contributed by atoms with Gasteiger partial charge in [-0.1, -0.05) is 28.8 Å². The molecule has 124 valence electrons. The standard InChI is InChI=1S/C18H21ClO4/c1-10(2)7-13(21)8-11(3)5-6-14-17(22)15(9-20)12(4)16(19)18(14)23/h5,7,9,22-23H,6,8H2,1-4H3. The van der Waals surface area contributed by atoms with Gasteiger partial charge >= 0.3 is 0 Å². The summed E-state index contributed by atoms with van der Waals surface area (Å²) < 4.78 is 0. The van der Waals surface area contributed by atoms with Crippen molar-refractivity contribution in [1.29, 1.82) is 0 Å². The van der Waals surface area contributed by atoms with Crippen LogP contribution in [-0.4, -0.2) is 22.3 Å². The fourth-order valence-electron chi connectivity index (χ4n) is 2.21. The number of phenols is 2. The first kappa shape index (κ1) is 19.0. The Labute approximate surface area is 141 Å². The first-order valence-corrected chi connectivity index (χ1v) is 7.58. The summed E-state index contributed by atoms with van der Waals surface area (Å²) in [7, 11) is 0. The highest BCUT2D eigenvalue weighted by atomic mass is 35.5. The molecule has 1 rings (SSSR count). The van der Waals surface area contributed by atoms with Crippen LogP contribution in [0, 0.1) is 6.92 Å². The molecule has 0 saturated heterocycles. The molecule has 0 bridgehead atoms. The van der Waals surface area contributed by atoms with E-state index in [4.69, 9.17) is 11.6 Å². The quantitative estimate of drug-likeness (QED) is 0.461. The van der Waals surface area contributed by atoms with Crippen molar-refractivity contribution in [3.63, 3.8) is 0 Å². The van der Waals surface area contributed by atoms with Crippen molar-refractivity contribution in [2.24, 2.45) is 0 Å². The van der Waals surface area contributed by atoms with Crippen LogP contribution in [0.25, 0.3) is 0 Å². The zero-order chi connectivity index (χ0) is 17.7. The summed E-state index contributed by atoms with van der Waals surface area (Å²) in [6.07, 6.45) is 4.24. The largest absolute Gasteiger partial charge is 0.507 e. The van der Waals surface area contributed by atoms with Gasteiger partial charge < -0.3 is 10.2 Å². The van der Waals surface area contributed by atoms with Crippen LogP contribution in [0.5, 0.6) is 11.5 Å². The molecule has 1 aromatic carbocycles. The van der Waals surface area contributed by atoms with Gasteiger partial charge in [0, 0.05) is 12.0 Å². The second-order valence-electron chi connectivity index (χ2n) is 5.77. The number of phenolic OH excluding ortho intramolecular Hbond substituents is 2. The van der Waals surface area contributed by atoms with Gasteiger partial charge in [0.05, 0.1) is 10.6 Å². The van der Waals surface area contributed by atoms with Gasteiger partial charge in [0.2, 0.25) is 0 Å². The minimum absolute atomic E-state index is 0.0114. The zero-order valence-corrected chi connectivity index (χ0v) is 14.5. The Hall–Kier alpha value is -2.07. The SMILES string of the molecule is CC(C)=CC(=O)CC(C)=CCc1c(O)c(Cl)c(C)c(C=O)c1O. The molecule has 0 saturated carbocycles. The number of halogens is 1. The van der Waals surface area contributed by atoms with Crippen LogP contribution < -0.4 is 0 Å². The van der Waals surface area contributed by atoms with E-state index in [1.54, 1.807) is 26.0 Å². The fraction of sp³-hybridized carbons (Fsp3) is 0.333. The predicted octanol–water partition coefficient (Wildman–Crippen LogP) is 4.29. The van der Waals surface area contributed by atoms with Crippen LogP contribution in [0.1, 0.15) is 48.7 Å². The van der Waals surface area contributed by atoms with E-state index in [1.807, 2.05) is 13.8 Å². The molecule has 0 fully saturated rings. The number of aromatic hydroxyl groups is 2. The van der Waals surface area contributed by atoms with Crippen LogP contribution >= 0.6 is 11.6 Å². The molecule has 5 heteroatoms. The molecule has 0 aliphatic rings. The van der Waals surface area contributed by atoms with Gasteiger partial charge in [-0.25, -0.2) is 0 Å². The zero-order valence-electron chi connectivity index (χ0n) is 13.7. The third-order valence-electron chi connectivity index (χ3n) is 3.44. The maximum absolute atomic E-state index is 11.7. The fourth-order valence-corrected chi connectivity index (χ4v) is 2.43. The van der Waals surface area contributed by atoms with Crippen LogP contribution in [0.3, 0.4) is 0 Å². The molecular weight excluding hydrogens is 316 g/mol. The summed E-state index contributed by atoms with van der Waals surface area (Å²) in [5, 5.41) is 20.3. The van der Waals surface area contributed by atoms with E-state index < -0.39 is 0 Å². The molecule has 2 N–H and O–H groups in total. The van der Waals surface area contributed by atoms with Crippen LogP contribution in [0.15, 0.2) is 23.3 Å². The number of benzene rings is 1. The summed E-state index contributed by atoms with van der Waals surface area (Å²) in [4.78, 5) is 22.8. The third kappa shape index (κ3) is 4.70. The highest BCUT2D eigenvalue weighted by Crippen LogP contribution is 2.40. The molecule has 0 spiro atoms. The Morgan fingerprint density at radius 3 is 2.30 bits per heavy atom. The normalized spacial score (nSPS) is 11.3. The minimum Gasteiger partial charge on any atom is -0.507 e. The summed E-state index contributed by atoms with van der Waals surface area (Å²) in [6, 6.07) is 0. The molecule has 0 amide bonds. The molecule has 0 atom stereocenters. The highest BCUT2D eigenvalue weighted by molar-refractivity contribution is 6.33. The lowest BCUT2D eigenvalue weighted by Gasteiger charge is -2.13. The van der Waals surface area contributed by atoms with Gasteiger partial charge in [0.1, 0.15) is 11.5 Å². The van der Waals surface area contributed by atoms with Crippen molar-refractivity contribution in [2.45, 2.75) is 40.5 Å². The smallest absolute Gasteiger partial charge is 0.159 e. The number of carbonyl (C=O) groups is 2. The average Bonchev–Trinajstić information content (AvgIpc) is 2.44. The van der Waals surface area contributed by atoms with E-state index >= 15 is 0 Å². The lowest BCUT2D eigenvalue weighted by atomic mass is 9.99. The molecule has 0 heterocycles. The molecule has 1 aromatic rings. The first-order valence-electron chi connectivity index (χ1n) is 7.20. The summed E-state index contributed by atoms with van der Waals surface area (Å²) in [5.41, 5.74) is 2.31. The van der Waals surface area contributed by atoms with Crippen LogP contribution in [-0.2, 0) is 11.2 Å². The van der Waals surface area contributed by atoms with Gasteiger partial charge in [-0.3, -0.25) is 9.59 Å². The lowest BCUT2D eigenvalue weighted by Crippen LogP contribution is -1.98. The highest BCUT2D eigenvalue weighted by Gasteiger charge is 2.19. The topological polar surface area (TPSA) is 74.6 Å². The van der Waals surface area contributed by atoms with Crippen molar-refractivity contribution in [1.82, 2.24) is 0 Å². The third-order valence-corrected chi connectivity index (χ3v) is 3.91. The Kier molecular flexibility index (Phi) is 6.58. The maximum Gasteiger partial charge on any atom is 0.159 e. The number of allylic oxidation sites excluding steroid dienone is 4. The van der Waals surface area contributed by atoms with Gasteiger partial charge in [0.15, 0.2) is 12.1 Å². The Bertz CT molecular complexity index is 696. The number of rotatable bonds is 6. The second kappa shape index (κ2) is 7.97. The molecule has 23 heavy (non-hydrogen) atoms. The average molecular weight is 337 g/mol. The monoisotopic (exact) mass is 336 g/mol. The summed E-state index contributed by atoms with van der Waals surface area (Å²) in [5.74, 6) is -0.534. The van der Waals surface area contributed by atoms with Crippen molar-refractivity contribution in [3.8, 4) is 11.5 Å². The van der Waals surface area contributed by atoms with E-state index in [2.05, 4.69) is 0 Å². The Morgan fingerprint density at radius 1 is 1.17 bits per heavy atom. The molecular formula is C18H21ClO4. The van der Waals surface area contributed by atoms with Crippen LogP contribution in [0.2, 0.25) is 5.02 Å². The Balaban J connectivity index is 3.08. The number of carbonyl (C=O) groups excluding carboxylic acids is 2.